The molecule has 2 heterocycles. The van der Waals surface area contributed by atoms with Crippen molar-refractivity contribution in [3.05, 3.63) is 70.4 Å². The van der Waals surface area contributed by atoms with E-state index in [1.807, 2.05) is 48.5 Å². The first-order valence-electron chi connectivity index (χ1n) is 9.54. The molecule has 0 amide bonds. The predicted octanol–water partition coefficient (Wildman–Crippen LogP) is 4.63. The number of ketones is 1. The number of ether oxygens (including phenoxy) is 1. The molecular formula is C22H19ClN4O2. The highest BCUT2D eigenvalue weighted by atomic mass is 35.5. The molecule has 0 radical (unpaired) electrons. The van der Waals surface area contributed by atoms with Crippen LogP contribution in [0, 0.1) is 0 Å². The molecule has 0 bridgehead atoms. The molecule has 146 valence electrons. The van der Waals surface area contributed by atoms with Crippen LogP contribution in [-0.2, 0) is 4.79 Å². The topological polar surface area (TPSA) is 69.0 Å². The third kappa shape index (κ3) is 3.00. The van der Waals surface area contributed by atoms with E-state index in [1.54, 1.807) is 11.8 Å². The van der Waals surface area contributed by atoms with Crippen LogP contribution in [0.3, 0.4) is 0 Å². The Morgan fingerprint density at radius 3 is 2.86 bits per heavy atom. The van der Waals surface area contributed by atoms with Crippen LogP contribution in [0.4, 0.5) is 5.95 Å². The quantitative estimate of drug-likeness (QED) is 0.686. The standard InChI is InChI=1S/C22H19ClN4O2/c1-29-14-7-4-6-13(12-14)21-25-22-24-17-10-5-11-18(28)19(17)20(27(22)26-21)15-8-2-3-9-16(15)23/h2-4,6-9,12,20H,5,10-11H2,1H3,(H,24,25,26)/t20-/m1/s1. The Kier molecular flexibility index (Phi) is 4.36. The molecule has 2 aliphatic rings. The number of nitrogens with one attached hydrogen (secondary N) is 1. The van der Waals surface area contributed by atoms with Gasteiger partial charge in [-0.2, -0.15) is 4.98 Å². The van der Waals surface area contributed by atoms with Gasteiger partial charge in [0.05, 0.1) is 7.11 Å². The number of fused-ring (bicyclic) bond motifs is 1. The number of rotatable bonds is 3. The fourth-order valence-electron chi connectivity index (χ4n) is 4.03. The van der Waals surface area contributed by atoms with Gasteiger partial charge in [-0.3, -0.25) is 4.79 Å². The first-order valence-corrected chi connectivity index (χ1v) is 9.92. The van der Waals surface area contributed by atoms with Crippen LogP contribution in [0.25, 0.3) is 11.4 Å². The van der Waals surface area contributed by atoms with Crippen molar-refractivity contribution in [1.82, 2.24) is 14.8 Å². The second-order valence-electron chi connectivity index (χ2n) is 7.15. The van der Waals surface area contributed by atoms with Crippen molar-refractivity contribution >= 4 is 23.3 Å². The van der Waals surface area contributed by atoms with Crippen LogP contribution in [0.5, 0.6) is 5.75 Å². The fraction of sp³-hybridized carbons (Fsp3) is 0.227. The molecule has 29 heavy (non-hydrogen) atoms. The summed E-state index contributed by atoms with van der Waals surface area (Å²) in [4.78, 5) is 17.6. The largest absolute Gasteiger partial charge is 0.497 e. The zero-order valence-corrected chi connectivity index (χ0v) is 16.6. The second-order valence-corrected chi connectivity index (χ2v) is 7.56. The SMILES string of the molecule is COc1cccc(-c2nc3n(n2)[C@H](c2ccccc2Cl)C2=C(CCCC2=O)N3)c1. The summed E-state index contributed by atoms with van der Waals surface area (Å²) in [6.45, 7) is 0. The lowest BCUT2D eigenvalue weighted by atomic mass is 9.85. The van der Waals surface area contributed by atoms with Crippen molar-refractivity contribution in [1.29, 1.82) is 0 Å². The molecule has 5 rings (SSSR count). The highest BCUT2D eigenvalue weighted by Gasteiger charge is 2.37. The van der Waals surface area contributed by atoms with Gasteiger partial charge in [-0.25, -0.2) is 4.68 Å². The number of Topliss-reactive ketones (excluding diaryl/α,β-unsaturated/α-hetero) is 1. The van der Waals surface area contributed by atoms with Gasteiger partial charge in [0.25, 0.3) is 0 Å². The molecule has 1 aromatic heterocycles. The summed E-state index contributed by atoms with van der Waals surface area (Å²) in [6, 6.07) is 14.8. The van der Waals surface area contributed by atoms with Crippen LogP contribution in [-0.4, -0.2) is 27.7 Å². The first kappa shape index (κ1) is 17.9. The summed E-state index contributed by atoms with van der Waals surface area (Å²) in [5.74, 6) is 2.04. The van der Waals surface area contributed by atoms with Gasteiger partial charge in [-0.05, 0) is 31.0 Å². The van der Waals surface area contributed by atoms with Gasteiger partial charge in [-0.15, -0.1) is 5.10 Å². The van der Waals surface area contributed by atoms with E-state index in [9.17, 15) is 4.79 Å². The third-order valence-electron chi connectivity index (χ3n) is 5.40. The summed E-state index contributed by atoms with van der Waals surface area (Å²) >= 11 is 6.53. The van der Waals surface area contributed by atoms with Crippen LogP contribution in [0.1, 0.15) is 30.9 Å². The minimum atomic E-state index is -0.394. The van der Waals surface area contributed by atoms with E-state index >= 15 is 0 Å². The molecule has 1 aliphatic carbocycles. The van der Waals surface area contributed by atoms with Crippen LogP contribution < -0.4 is 10.1 Å². The molecule has 0 saturated heterocycles. The van der Waals surface area contributed by atoms with Crippen molar-refractivity contribution in [2.24, 2.45) is 0 Å². The number of hydrogen-bond acceptors (Lipinski definition) is 5. The Morgan fingerprint density at radius 1 is 1.17 bits per heavy atom. The van der Waals surface area contributed by atoms with Crippen molar-refractivity contribution in [2.45, 2.75) is 25.3 Å². The monoisotopic (exact) mass is 406 g/mol. The maximum atomic E-state index is 12.9. The van der Waals surface area contributed by atoms with Crippen molar-refractivity contribution in [3.63, 3.8) is 0 Å². The lowest BCUT2D eigenvalue weighted by Gasteiger charge is -2.32. The van der Waals surface area contributed by atoms with Crippen LogP contribution in [0.2, 0.25) is 5.02 Å². The Hall–Kier alpha value is -3.12. The van der Waals surface area contributed by atoms with Crippen LogP contribution >= 0.6 is 11.6 Å². The number of allylic oxidation sites excluding steroid dienone is 2. The number of anilines is 1. The van der Waals surface area contributed by atoms with Crippen molar-refractivity contribution in [2.75, 3.05) is 12.4 Å². The van der Waals surface area contributed by atoms with Gasteiger partial charge in [0, 0.05) is 33.8 Å². The number of aromatic nitrogens is 3. The molecule has 6 nitrogen and oxygen atoms in total. The Labute approximate surface area is 173 Å². The fourth-order valence-corrected chi connectivity index (χ4v) is 4.26. The number of carbonyl (C=O) groups excluding carboxylic acids is 1. The number of halogens is 1. The van der Waals surface area contributed by atoms with E-state index < -0.39 is 6.04 Å². The van der Waals surface area contributed by atoms with Gasteiger partial charge in [-0.1, -0.05) is 41.9 Å². The number of nitrogens with zero attached hydrogens (tertiary/aromatic N) is 3. The van der Waals surface area contributed by atoms with Crippen molar-refractivity contribution in [3.8, 4) is 17.1 Å². The predicted molar refractivity (Wildman–Crippen MR) is 111 cm³/mol. The molecule has 0 saturated carbocycles. The minimum absolute atomic E-state index is 0.132. The molecule has 3 aromatic rings. The summed E-state index contributed by atoms with van der Waals surface area (Å²) in [5.41, 5.74) is 3.35. The van der Waals surface area contributed by atoms with E-state index in [0.717, 1.165) is 41.0 Å². The van der Waals surface area contributed by atoms with Crippen molar-refractivity contribution < 1.29 is 9.53 Å². The van der Waals surface area contributed by atoms with E-state index in [2.05, 4.69) is 5.32 Å². The van der Waals surface area contributed by atoms with E-state index in [4.69, 9.17) is 26.4 Å². The van der Waals surface area contributed by atoms with Gasteiger partial charge in [0.15, 0.2) is 11.6 Å². The van der Waals surface area contributed by atoms with Gasteiger partial charge >= 0.3 is 0 Å². The average molecular weight is 407 g/mol. The van der Waals surface area contributed by atoms with E-state index in [0.29, 0.717) is 23.2 Å². The molecule has 0 unspecified atom stereocenters. The number of benzene rings is 2. The summed E-state index contributed by atoms with van der Waals surface area (Å²) in [6.07, 6.45) is 2.18. The molecule has 1 N–H and O–H groups in total. The number of carbonyl (C=O) groups is 1. The maximum Gasteiger partial charge on any atom is 0.226 e. The Balaban J connectivity index is 1.68. The summed E-state index contributed by atoms with van der Waals surface area (Å²) in [5, 5.41) is 8.71. The number of methoxy groups -OCH3 is 1. The zero-order chi connectivity index (χ0) is 20.0. The first-order chi connectivity index (χ1) is 14.2. The molecule has 0 fully saturated rings. The summed E-state index contributed by atoms with van der Waals surface area (Å²) < 4.78 is 7.10. The normalized spacial score (nSPS) is 18.1. The smallest absolute Gasteiger partial charge is 0.226 e. The lowest BCUT2D eigenvalue weighted by Crippen LogP contribution is -2.31. The van der Waals surface area contributed by atoms with Gasteiger partial charge < -0.3 is 10.1 Å². The molecule has 1 atom stereocenters. The lowest BCUT2D eigenvalue weighted by molar-refractivity contribution is -0.116. The third-order valence-corrected chi connectivity index (χ3v) is 5.74. The van der Waals surface area contributed by atoms with E-state index in [1.165, 1.54) is 0 Å². The van der Waals surface area contributed by atoms with Crippen LogP contribution in [0.15, 0.2) is 59.8 Å². The van der Waals surface area contributed by atoms with Gasteiger partial charge in [0.2, 0.25) is 5.95 Å². The average Bonchev–Trinajstić information content (AvgIpc) is 3.17. The summed E-state index contributed by atoms with van der Waals surface area (Å²) in [7, 11) is 1.63. The molecule has 7 heteroatoms. The van der Waals surface area contributed by atoms with E-state index in [-0.39, 0.29) is 5.78 Å². The molecule has 2 aromatic carbocycles. The molecule has 1 aliphatic heterocycles. The Bertz CT molecular complexity index is 1150. The highest BCUT2D eigenvalue weighted by Crippen LogP contribution is 2.42. The maximum absolute atomic E-state index is 12.9. The Morgan fingerprint density at radius 2 is 2.03 bits per heavy atom. The van der Waals surface area contributed by atoms with Gasteiger partial charge in [0.1, 0.15) is 11.8 Å². The highest BCUT2D eigenvalue weighted by molar-refractivity contribution is 6.31. The zero-order valence-electron chi connectivity index (χ0n) is 15.9. The minimum Gasteiger partial charge on any atom is -0.497 e. The molecule has 0 spiro atoms. The second kappa shape index (κ2) is 7.04. The molecular weight excluding hydrogens is 388 g/mol. The number of hydrogen-bond donors (Lipinski definition) is 1.